The van der Waals surface area contributed by atoms with E-state index in [-0.39, 0.29) is 23.7 Å². The number of carbonyl (C=O) groups excluding carboxylic acids is 1. The van der Waals surface area contributed by atoms with E-state index in [1.807, 2.05) is 0 Å². The number of carbonyl (C=O) groups is 1. The second-order valence-electron chi connectivity index (χ2n) is 8.77. The number of hydrogen-bond acceptors (Lipinski definition) is 2. The van der Waals surface area contributed by atoms with Gasteiger partial charge in [0.05, 0.1) is 0 Å². The first-order valence-corrected chi connectivity index (χ1v) is 8.90. The normalized spacial score (nSPS) is 54.3. The van der Waals surface area contributed by atoms with Crippen LogP contribution in [0.15, 0.2) is 11.6 Å². The molecule has 0 saturated heterocycles. The molecule has 3 heteroatoms. The Morgan fingerprint density at radius 3 is 2.64 bits per heavy atom. The van der Waals surface area contributed by atoms with Crippen molar-refractivity contribution < 1.29 is 14.3 Å². The van der Waals surface area contributed by atoms with E-state index in [2.05, 4.69) is 19.9 Å². The third-order valence-electron chi connectivity index (χ3n) is 7.82. The highest BCUT2D eigenvalue weighted by molar-refractivity contribution is 5.87. The van der Waals surface area contributed by atoms with E-state index in [1.165, 1.54) is 0 Å². The van der Waals surface area contributed by atoms with Crippen molar-refractivity contribution in [2.75, 3.05) is 0 Å². The number of ketones is 1. The maximum atomic E-state index is 14.0. The molecule has 1 N–H and O–H groups in total. The van der Waals surface area contributed by atoms with Gasteiger partial charge in [-0.05, 0) is 55.3 Å². The maximum Gasteiger partial charge on any atom is 0.210 e. The van der Waals surface area contributed by atoms with Crippen LogP contribution in [0.25, 0.3) is 0 Å². The number of aliphatic hydroxyl groups is 1. The van der Waals surface area contributed by atoms with Gasteiger partial charge in [0.1, 0.15) is 5.78 Å². The number of rotatable bonds is 0. The second kappa shape index (κ2) is 4.43. The van der Waals surface area contributed by atoms with E-state index >= 15 is 0 Å². The molecular formula is C19H27FO2. The Morgan fingerprint density at radius 1 is 1.14 bits per heavy atom. The first kappa shape index (κ1) is 14.9. The molecule has 4 aliphatic carbocycles. The van der Waals surface area contributed by atoms with Crippen LogP contribution < -0.4 is 0 Å². The van der Waals surface area contributed by atoms with Gasteiger partial charge < -0.3 is 5.11 Å². The van der Waals surface area contributed by atoms with Crippen molar-refractivity contribution in [2.24, 2.45) is 28.6 Å². The molecule has 0 amide bonds. The van der Waals surface area contributed by atoms with E-state index in [1.54, 1.807) is 0 Å². The minimum atomic E-state index is -2.01. The molecule has 6 atom stereocenters. The van der Waals surface area contributed by atoms with Crippen molar-refractivity contribution in [3.63, 3.8) is 0 Å². The molecule has 4 rings (SSSR count). The van der Waals surface area contributed by atoms with Crippen LogP contribution >= 0.6 is 0 Å². The average molecular weight is 306 g/mol. The predicted molar refractivity (Wildman–Crippen MR) is 82.8 cm³/mol. The van der Waals surface area contributed by atoms with Gasteiger partial charge in [-0.2, -0.15) is 0 Å². The fourth-order valence-electron chi connectivity index (χ4n) is 6.38. The summed E-state index contributed by atoms with van der Waals surface area (Å²) >= 11 is 0. The average Bonchev–Trinajstić information content (AvgIpc) is 2.76. The number of alkyl halides is 1. The lowest BCUT2D eigenvalue weighted by Crippen LogP contribution is -2.51. The first-order chi connectivity index (χ1) is 10.3. The van der Waals surface area contributed by atoms with Crippen LogP contribution in [0.2, 0.25) is 0 Å². The summed E-state index contributed by atoms with van der Waals surface area (Å²) in [6, 6.07) is 0. The van der Waals surface area contributed by atoms with Crippen LogP contribution in [0, 0.1) is 28.6 Å². The molecule has 1 unspecified atom stereocenters. The summed E-state index contributed by atoms with van der Waals surface area (Å²) in [5.74, 6) is 0.111. The Morgan fingerprint density at radius 2 is 1.86 bits per heavy atom. The summed E-state index contributed by atoms with van der Waals surface area (Å²) in [6.07, 6.45) is 8.24. The number of halogens is 1. The first-order valence-electron chi connectivity index (χ1n) is 8.90. The van der Waals surface area contributed by atoms with E-state index < -0.39 is 5.85 Å². The number of hydrogen-bond donors (Lipinski definition) is 1. The molecular weight excluding hydrogens is 279 g/mol. The van der Waals surface area contributed by atoms with Crippen LogP contribution in [0.3, 0.4) is 0 Å². The van der Waals surface area contributed by atoms with Crippen molar-refractivity contribution >= 4 is 5.78 Å². The highest BCUT2D eigenvalue weighted by atomic mass is 19.2. The van der Waals surface area contributed by atoms with Gasteiger partial charge in [0.25, 0.3) is 0 Å². The molecule has 2 nitrogen and oxygen atoms in total. The van der Waals surface area contributed by atoms with Crippen molar-refractivity contribution in [3.8, 4) is 0 Å². The maximum absolute atomic E-state index is 14.0. The predicted octanol–water partition coefficient (Wildman–Crippen LogP) is 4.18. The molecule has 0 radical (unpaired) electrons. The number of fused-ring (bicyclic) bond motifs is 5. The van der Waals surface area contributed by atoms with Crippen molar-refractivity contribution in [1.82, 2.24) is 0 Å². The molecule has 0 aliphatic heterocycles. The Balaban J connectivity index is 1.69. The Labute approximate surface area is 132 Å². The minimum Gasteiger partial charge on any atom is -0.361 e. The minimum absolute atomic E-state index is 0.0359. The SMILES string of the molecule is C[C@]12CCC(O)(F)CC1=CC[C@@H]1[C@@H]2CC[C@]2(C)C(=O)CC[C@@H]12. The lowest BCUT2D eigenvalue weighted by Gasteiger charge is -2.57. The van der Waals surface area contributed by atoms with Crippen molar-refractivity contribution in [1.29, 1.82) is 0 Å². The number of Topliss-reactive ketones (excluding diaryl/α,β-unsaturated/α-hetero) is 1. The van der Waals surface area contributed by atoms with Gasteiger partial charge in [-0.3, -0.25) is 4.79 Å². The quantitative estimate of drug-likeness (QED) is 0.682. The molecule has 122 valence electrons. The zero-order valence-corrected chi connectivity index (χ0v) is 13.7. The molecule has 4 aliphatic rings. The lowest BCUT2D eigenvalue weighted by atomic mass is 9.48. The van der Waals surface area contributed by atoms with E-state index in [4.69, 9.17) is 0 Å². The highest BCUT2D eigenvalue weighted by Gasteiger charge is 2.59. The standard InChI is InChI=1S/C19H27FO2/c1-17-9-10-19(20,22)11-12(17)3-4-13-14-5-6-16(21)18(14,2)8-7-15(13)17/h3,13-15,22H,4-11H2,1-2H3/t13-,14-,15-,17-,18-,19?/m0/s1. The van der Waals surface area contributed by atoms with Crippen LogP contribution in [-0.2, 0) is 4.79 Å². The summed E-state index contributed by atoms with van der Waals surface area (Å²) in [5.41, 5.74) is 1.07. The van der Waals surface area contributed by atoms with Gasteiger partial charge in [0.2, 0.25) is 5.85 Å². The molecule has 3 fully saturated rings. The molecule has 0 spiro atoms. The lowest BCUT2D eigenvalue weighted by molar-refractivity contribution is -0.139. The zero-order chi connectivity index (χ0) is 15.8. The second-order valence-corrected chi connectivity index (χ2v) is 8.77. The van der Waals surface area contributed by atoms with Gasteiger partial charge in [-0.15, -0.1) is 0 Å². The molecule has 3 saturated carbocycles. The topological polar surface area (TPSA) is 37.3 Å². The van der Waals surface area contributed by atoms with Crippen molar-refractivity contribution in [3.05, 3.63) is 11.6 Å². The Bertz CT molecular complexity index is 552. The summed E-state index contributed by atoms with van der Waals surface area (Å²) < 4.78 is 14.0. The molecule has 0 aromatic rings. The van der Waals surface area contributed by atoms with E-state index in [0.717, 1.165) is 44.1 Å². The smallest absolute Gasteiger partial charge is 0.210 e. The highest BCUT2D eigenvalue weighted by Crippen LogP contribution is 2.64. The molecule has 22 heavy (non-hydrogen) atoms. The molecule has 0 aromatic heterocycles. The Hall–Kier alpha value is -0.700. The van der Waals surface area contributed by atoms with Gasteiger partial charge in [-0.25, -0.2) is 4.39 Å². The fourth-order valence-corrected chi connectivity index (χ4v) is 6.38. The van der Waals surface area contributed by atoms with E-state index in [0.29, 0.717) is 23.5 Å². The summed E-state index contributed by atoms with van der Waals surface area (Å²) in [7, 11) is 0. The van der Waals surface area contributed by atoms with Gasteiger partial charge in [0, 0.05) is 24.7 Å². The van der Waals surface area contributed by atoms with E-state index in [9.17, 15) is 14.3 Å². The van der Waals surface area contributed by atoms with Gasteiger partial charge >= 0.3 is 0 Å². The summed E-state index contributed by atoms with van der Waals surface area (Å²) in [6.45, 7) is 4.47. The third kappa shape index (κ3) is 1.84. The van der Waals surface area contributed by atoms with Crippen molar-refractivity contribution in [2.45, 2.75) is 71.1 Å². The zero-order valence-electron chi connectivity index (χ0n) is 13.7. The van der Waals surface area contributed by atoms with Crippen LogP contribution in [0.5, 0.6) is 0 Å². The molecule has 0 aromatic carbocycles. The number of allylic oxidation sites excluding steroid dienone is 1. The summed E-state index contributed by atoms with van der Waals surface area (Å²) in [5, 5.41) is 9.80. The van der Waals surface area contributed by atoms with Gasteiger partial charge in [0.15, 0.2) is 0 Å². The monoisotopic (exact) mass is 306 g/mol. The molecule has 0 bridgehead atoms. The Kier molecular flexibility index (Phi) is 3.00. The third-order valence-corrected chi connectivity index (χ3v) is 7.82. The van der Waals surface area contributed by atoms with Crippen LogP contribution in [0.1, 0.15) is 65.2 Å². The fraction of sp³-hybridized carbons (Fsp3) is 0.842. The van der Waals surface area contributed by atoms with Gasteiger partial charge in [-0.1, -0.05) is 25.5 Å². The van der Waals surface area contributed by atoms with Crippen LogP contribution in [0.4, 0.5) is 4.39 Å². The van der Waals surface area contributed by atoms with Crippen LogP contribution in [-0.4, -0.2) is 16.7 Å². The molecule has 0 heterocycles. The summed E-state index contributed by atoms with van der Waals surface area (Å²) in [4.78, 5) is 12.4. The largest absolute Gasteiger partial charge is 0.361 e.